The summed E-state index contributed by atoms with van der Waals surface area (Å²) in [4.78, 5) is 15.4. The molecule has 0 unspecified atom stereocenters. The zero-order valence-electron chi connectivity index (χ0n) is 16.1. The number of carbonyl (C=O) groups excluding carboxylic acids is 1. The second-order valence-corrected chi connectivity index (χ2v) is 7.32. The van der Waals surface area contributed by atoms with E-state index in [1.165, 1.54) is 28.4 Å². The lowest BCUT2D eigenvalue weighted by atomic mass is 10.2. The molecule has 4 rings (SSSR count). The number of halogens is 1. The van der Waals surface area contributed by atoms with Crippen molar-refractivity contribution in [3.05, 3.63) is 71.4 Å². The van der Waals surface area contributed by atoms with E-state index in [9.17, 15) is 9.18 Å². The van der Waals surface area contributed by atoms with E-state index in [1.54, 1.807) is 31.4 Å². The summed E-state index contributed by atoms with van der Waals surface area (Å²) in [5, 5.41) is 10.0. The number of thiophene rings is 1. The standard InChI is InChI=1S/C21H18FN3O4S/c1-27-11-10-25(13-19-23-24-20(29-19)18-3-2-12-30-18)21(26)17-9-8-16(28-17)14-4-6-15(22)7-5-14/h2-9,12H,10-11,13H2,1H3. The van der Waals surface area contributed by atoms with Crippen LogP contribution < -0.4 is 0 Å². The number of furan rings is 1. The predicted octanol–water partition coefficient (Wildman–Crippen LogP) is 4.49. The highest BCUT2D eigenvalue weighted by molar-refractivity contribution is 7.13. The molecule has 0 radical (unpaired) electrons. The maximum Gasteiger partial charge on any atom is 0.290 e. The van der Waals surface area contributed by atoms with Crippen molar-refractivity contribution in [1.29, 1.82) is 0 Å². The number of hydrogen-bond donors (Lipinski definition) is 0. The number of methoxy groups -OCH3 is 1. The Morgan fingerprint density at radius 1 is 1.13 bits per heavy atom. The monoisotopic (exact) mass is 427 g/mol. The van der Waals surface area contributed by atoms with Crippen LogP contribution in [0.4, 0.5) is 4.39 Å². The summed E-state index contributed by atoms with van der Waals surface area (Å²) >= 11 is 1.49. The summed E-state index contributed by atoms with van der Waals surface area (Å²) in [5.74, 6) is 0.681. The molecule has 0 saturated heterocycles. The van der Waals surface area contributed by atoms with E-state index >= 15 is 0 Å². The summed E-state index contributed by atoms with van der Waals surface area (Å²) < 4.78 is 29.7. The summed E-state index contributed by atoms with van der Waals surface area (Å²) in [6.07, 6.45) is 0. The van der Waals surface area contributed by atoms with Gasteiger partial charge < -0.3 is 18.5 Å². The normalized spacial score (nSPS) is 11.0. The highest BCUT2D eigenvalue weighted by atomic mass is 32.1. The van der Waals surface area contributed by atoms with Gasteiger partial charge in [-0.3, -0.25) is 4.79 Å². The molecule has 154 valence electrons. The number of nitrogens with zero attached hydrogens (tertiary/aromatic N) is 3. The Morgan fingerprint density at radius 2 is 1.97 bits per heavy atom. The minimum absolute atomic E-state index is 0.118. The van der Waals surface area contributed by atoms with Crippen molar-refractivity contribution in [3.8, 4) is 22.1 Å². The molecule has 0 spiro atoms. The van der Waals surface area contributed by atoms with Crippen LogP contribution in [0.5, 0.6) is 0 Å². The zero-order chi connectivity index (χ0) is 20.9. The smallest absolute Gasteiger partial charge is 0.290 e. The molecule has 0 saturated carbocycles. The van der Waals surface area contributed by atoms with E-state index in [0.29, 0.717) is 36.3 Å². The minimum atomic E-state index is -0.339. The van der Waals surface area contributed by atoms with E-state index < -0.39 is 0 Å². The molecule has 1 aromatic carbocycles. The number of benzene rings is 1. The van der Waals surface area contributed by atoms with E-state index in [2.05, 4.69) is 10.2 Å². The van der Waals surface area contributed by atoms with Crippen molar-refractivity contribution in [2.45, 2.75) is 6.54 Å². The number of aromatic nitrogens is 2. The average molecular weight is 427 g/mol. The van der Waals surface area contributed by atoms with Gasteiger partial charge in [0, 0.05) is 19.2 Å². The van der Waals surface area contributed by atoms with Crippen LogP contribution in [0.1, 0.15) is 16.4 Å². The fourth-order valence-corrected chi connectivity index (χ4v) is 3.46. The zero-order valence-corrected chi connectivity index (χ0v) is 16.9. The number of rotatable bonds is 8. The van der Waals surface area contributed by atoms with Crippen LogP contribution in [0.3, 0.4) is 0 Å². The lowest BCUT2D eigenvalue weighted by Gasteiger charge is -2.19. The molecule has 0 atom stereocenters. The van der Waals surface area contributed by atoms with Crippen LogP contribution in [0.2, 0.25) is 0 Å². The van der Waals surface area contributed by atoms with Gasteiger partial charge in [0.15, 0.2) is 5.76 Å². The van der Waals surface area contributed by atoms with Crippen LogP contribution in [0.15, 0.2) is 62.7 Å². The number of ether oxygens (including phenoxy) is 1. The first-order valence-electron chi connectivity index (χ1n) is 9.14. The van der Waals surface area contributed by atoms with Crippen molar-refractivity contribution in [2.75, 3.05) is 20.3 Å². The van der Waals surface area contributed by atoms with Gasteiger partial charge in [-0.1, -0.05) is 6.07 Å². The Kier molecular flexibility index (Phi) is 6.01. The van der Waals surface area contributed by atoms with Gasteiger partial charge in [-0.25, -0.2) is 4.39 Å². The SMILES string of the molecule is COCCN(Cc1nnc(-c2cccs2)o1)C(=O)c1ccc(-c2ccc(F)cc2)o1. The third kappa shape index (κ3) is 4.47. The fourth-order valence-electron chi connectivity index (χ4n) is 2.81. The Morgan fingerprint density at radius 3 is 2.70 bits per heavy atom. The molecule has 4 aromatic rings. The Labute approximate surface area is 175 Å². The van der Waals surface area contributed by atoms with Crippen LogP contribution in [0.25, 0.3) is 22.1 Å². The third-order valence-corrected chi connectivity index (χ3v) is 5.18. The Hall–Kier alpha value is -3.30. The fraction of sp³-hybridized carbons (Fsp3) is 0.190. The molecule has 0 bridgehead atoms. The minimum Gasteiger partial charge on any atom is -0.451 e. The molecule has 3 aromatic heterocycles. The molecule has 0 aliphatic carbocycles. The van der Waals surface area contributed by atoms with Crippen LogP contribution in [0, 0.1) is 5.82 Å². The first kappa shape index (κ1) is 20.0. The van der Waals surface area contributed by atoms with Gasteiger partial charge in [0.2, 0.25) is 5.89 Å². The first-order valence-corrected chi connectivity index (χ1v) is 10.0. The molecular formula is C21H18FN3O4S. The number of hydrogen-bond acceptors (Lipinski definition) is 7. The van der Waals surface area contributed by atoms with E-state index in [4.69, 9.17) is 13.6 Å². The van der Waals surface area contributed by atoms with Crippen molar-refractivity contribution in [1.82, 2.24) is 15.1 Å². The number of amides is 1. The van der Waals surface area contributed by atoms with Crippen molar-refractivity contribution in [3.63, 3.8) is 0 Å². The lowest BCUT2D eigenvalue weighted by Crippen LogP contribution is -2.33. The van der Waals surface area contributed by atoms with Gasteiger partial charge in [0.25, 0.3) is 11.8 Å². The van der Waals surface area contributed by atoms with Crippen molar-refractivity contribution >= 4 is 17.2 Å². The molecular weight excluding hydrogens is 409 g/mol. The summed E-state index contributed by atoms with van der Waals surface area (Å²) in [6.45, 7) is 0.773. The molecule has 1 amide bonds. The second-order valence-electron chi connectivity index (χ2n) is 6.37. The van der Waals surface area contributed by atoms with E-state index in [1.807, 2.05) is 17.5 Å². The van der Waals surface area contributed by atoms with Gasteiger partial charge in [-0.2, -0.15) is 0 Å². The molecule has 7 nitrogen and oxygen atoms in total. The molecule has 30 heavy (non-hydrogen) atoms. The predicted molar refractivity (Wildman–Crippen MR) is 108 cm³/mol. The largest absolute Gasteiger partial charge is 0.451 e. The molecule has 0 aliphatic heterocycles. The topological polar surface area (TPSA) is 81.6 Å². The molecule has 0 aliphatic rings. The Balaban J connectivity index is 1.52. The van der Waals surface area contributed by atoms with E-state index in [0.717, 1.165) is 4.88 Å². The van der Waals surface area contributed by atoms with E-state index in [-0.39, 0.29) is 24.0 Å². The maximum absolute atomic E-state index is 13.1. The average Bonchev–Trinajstić information content (AvgIpc) is 3.52. The van der Waals surface area contributed by atoms with Gasteiger partial charge >= 0.3 is 0 Å². The van der Waals surface area contributed by atoms with Gasteiger partial charge in [0.1, 0.15) is 11.6 Å². The Bertz CT molecular complexity index is 1110. The molecule has 0 fully saturated rings. The van der Waals surface area contributed by atoms with Gasteiger partial charge in [-0.15, -0.1) is 21.5 Å². The quantitative estimate of drug-likeness (QED) is 0.412. The molecule has 0 N–H and O–H groups in total. The third-order valence-electron chi connectivity index (χ3n) is 4.32. The van der Waals surface area contributed by atoms with Crippen molar-refractivity contribution in [2.24, 2.45) is 0 Å². The van der Waals surface area contributed by atoms with Crippen LogP contribution in [-0.4, -0.2) is 41.3 Å². The molecule has 9 heteroatoms. The van der Waals surface area contributed by atoms with Crippen LogP contribution in [-0.2, 0) is 11.3 Å². The summed E-state index contributed by atoms with van der Waals surface area (Å²) in [6, 6.07) is 12.9. The number of carbonyl (C=O) groups is 1. The lowest BCUT2D eigenvalue weighted by molar-refractivity contribution is 0.0633. The van der Waals surface area contributed by atoms with Crippen LogP contribution >= 0.6 is 11.3 Å². The molecule has 3 heterocycles. The summed E-state index contributed by atoms with van der Waals surface area (Å²) in [7, 11) is 1.56. The summed E-state index contributed by atoms with van der Waals surface area (Å²) in [5.41, 5.74) is 0.677. The first-order chi connectivity index (χ1) is 14.6. The van der Waals surface area contributed by atoms with Gasteiger partial charge in [-0.05, 0) is 47.8 Å². The second kappa shape index (κ2) is 9.02. The van der Waals surface area contributed by atoms with Gasteiger partial charge in [0.05, 0.1) is 18.0 Å². The maximum atomic E-state index is 13.1. The highest BCUT2D eigenvalue weighted by Gasteiger charge is 2.22. The van der Waals surface area contributed by atoms with Crippen molar-refractivity contribution < 1.29 is 22.8 Å². The highest BCUT2D eigenvalue weighted by Crippen LogP contribution is 2.25.